The molecular formula is C12H13IN2O. The monoisotopic (exact) mass is 328 g/mol. The summed E-state index contributed by atoms with van der Waals surface area (Å²) in [4.78, 5) is 4.00. The number of halogens is 1. The van der Waals surface area contributed by atoms with E-state index in [2.05, 4.69) is 39.8 Å². The lowest BCUT2D eigenvalue weighted by atomic mass is 10.1. The molecule has 4 heteroatoms. The molecule has 2 aromatic rings. The predicted molar refractivity (Wildman–Crippen MR) is 70.9 cm³/mol. The zero-order valence-corrected chi connectivity index (χ0v) is 11.1. The Balaban J connectivity index is 1.91. The quantitative estimate of drug-likeness (QED) is 0.877. The summed E-state index contributed by atoms with van der Waals surface area (Å²) in [6, 6.07) is 8.29. The minimum absolute atomic E-state index is 0.297. The molecule has 1 N–H and O–H groups in total. The highest BCUT2D eigenvalue weighted by molar-refractivity contribution is 14.1. The maximum absolute atomic E-state index is 5.48. The van der Waals surface area contributed by atoms with Crippen molar-refractivity contribution in [1.82, 2.24) is 10.3 Å². The molecule has 0 bridgehead atoms. The van der Waals surface area contributed by atoms with Crippen molar-refractivity contribution in [3.63, 3.8) is 0 Å². The summed E-state index contributed by atoms with van der Waals surface area (Å²) in [7, 11) is 0. The van der Waals surface area contributed by atoms with E-state index in [1.807, 2.05) is 36.7 Å². The highest BCUT2D eigenvalue weighted by Crippen LogP contribution is 2.13. The van der Waals surface area contributed by atoms with Crippen molar-refractivity contribution >= 4 is 22.6 Å². The molecule has 0 aliphatic rings. The molecule has 2 aromatic heterocycles. The Labute approximate surface area is 108 Å². The van der Waals surface area contributed by atoms with Crippen LogP contribution in [0.4, 0.5) is 0 Å². The molecule has 0 amide bonds. The van der Waals surface area contributed by atoms with Crippen LogP contribution in [0.15, 0.2) is 41.1 Å². The first kappa shape index (κ1) is 11.6. The van der Waals surface area contributed by atoms with Crippen molar-refractivity contribution in [2.24, 2.45) is 0 Å². The van der Waals surface area contributed by atoms with Crippen LogP contribution in [0.2, 0.25) is 0 Å². The Bertz CT molecular complexity index is 441. The third kappa shape index (κ3) is 3.05. The van der Waals surface area contributed by atoms with E-state index in [0.29, 0.717) is 6.04 Å². The molecule has 0 spiro atoms. The van der Waals surface area contributed by atoms with Crippen LogP contribution in [0.1, 0.15) is 24.3 Å². The summed E-state index contributed by atoms with van der Waals surface area (Å²) in [6.45, 7) is 2.87. The van der Waals surface area contributed by atoms with Gasteiger partial charge in [-0.3, -0.25) is 4.98 Å². The minimum Gasteiger partial charge on any atom is -0.454 e. The maximum atomic E-state index is 5.48. The number of nitrogens with zero attached hydrogens (tertiary/aromatic N) is 1. The van der Waals surface area contributed by atoms with Crippen molar-refractivity contribution < 1.29 is 4.42 Å². The van der Waals surface area contributed by atoms with Gasteiger partial charge in [0.05, 0.1) is 6.54 Å². The first-order valence-electron chi connectivity index (χ1n) is 5.13. The number of hydrogen-bond donors (Lipinski definition) is 1. The van der Waals surface area contributed by atoms with E-state index in [0.717, 1.165) is 16.1 Å². The molecule has 0 fully saturated rings. The van der Waals surface area contributed by atoms with E-state index < -0.39 is 0 Å². The van der Waals surface area contributed by atoms with Gasteiger partial charge >= 0.3 is 0 Å². The number of hydrogen-bond acceptors (Lipinski definition) is 3. The van der Waals surface area contributed by atoms with Crippen LogP contribution in [-0.2, 0) is 6.54 Å². The number of nitrogens with one attached hydrogen (secondary N) is 1. The number of aromatic nitrogens is 1. The van der Waals surface area contributed by atoms with Gasteiger partial charge < -0.3 is 9.73 Å². The van der Waals surface area contributed by atoms with Gasteiger partial charge in [-0.05, 0) is 59.3 Å². The second kappa shape index (κ2) is 5.45. The Morgan fingerprint density at radius 3 is 2.69 bits per heavy atom. The average Bonchev–Trinajstić information content (AvgIpc) is 2.73. The molecule has 3 nitrogen and oxygen atoms in total. The summed E-state index contributed by atoms with van der Waals surface area (Å²) >= 11 is 2.17. The van der Waals surface area contributed by atoms with Gasteiger partial charge in [0.25, 0.3) is 0 Å². The first-order valence-corrected chi connectivity index (χ1v) is 6.21. The lowest BCUT2D eigenvalue weighted by Gasteiger charge is -2.12. The van der Waals surface area contributed by atoms with E-state index in [4.69, 9.17) is 4.42 Å². The second-order valence-electron chi connectivity index (χ2n) is 3.59. The molecule has 1 atom stereocenters. The van der Waals surface area contributed by atoms with Crippen LogP contribution >= 0.6 is 22.6 Å². The van der Waals surface area contributed by atoms with Crippen molar-refractivity contribution in [1.29, 1.82) is 0 Å². The second-order valence-corrected chi connectivity index (χ2v) is 4.65. The lowest BCUT2D eigenvalue weighted by Crippen LogP contribution is -2.17. The van der Waals surface area contributed by atoms with Crippen molar-refractivity contribution in [3.05, 3.63) is 51.7 Å². The summed E-state index contributed by atoms with van der Waals surface area (Å²) in [5.41, 5.74) is 1.23. The molecule has 2 rings (SSSR count). The van der Waals surface area contributed by atoms with Crippen molar-refractivity contribution in [3.8, 4) is 0 Å². The maximum Gasteiger partial charge on any atom is 0.164 e. The fourth-order valence-electron chi connectivity index (χ4n) is 1.47. The third-order valence-corrected chi connectivity index (χ3v) is 3.00. The van der Waals surface area contributed by atoms with Gasteiger partial charge in [-0.1, -0.05) is 0 Å². The van der Waals surface area contributed by atoms with E-state index in [-0.39, 0.29) is 0 Å². The van der Waals surface area contributed by atoms with Crippen molar-refractivity contribution in [2.45, 2.75) is 19.5 Å². The summed E-state index contributed by atoms with van der Waals surface area (Å²) in [5.74, 6) is 0.963. The number of rotatable bonds is 4. The zero-order valence-electron chi connectivity index (χ0n) is 8.98. The average molecular weight is 328 g/mol. The van der Waals surface area contributed by atoms with Gasteiger partial charge in [-0.15, -0.1) is 0 Å². The predicted octanol–water partition coefficient (Wildman–Crippen LogP) is 3.13. The Morgan fingerprint density at radius 2 is 2.06 bits per heavy atom. The SMILES string of the molecule is CC(NCc1ccc(I)o1)c1ccncc1. The van der Waals surface area contributed by atoms with Gasteiger partial charge in [0.15, 0.2) is 3.77 Å². The van der Waals surface area contributed by atoms with Crippen LogP contribution in [0.5, 0.6) is 0 Å². The Hall–Kier alpha value is -0.880. The number of pyridine rings is 1. The molecule has 2 heterocycles. The molecule has 0 aromatic carbocycles. The van der Waals surface area contributed by atoms with Crippen molar-refractivity contribution in [2.75, 3.05) is 0 Å². The van der Waals surface area contributed by atoms with E-state index in [9.17, 15) is 0 Å². The molecule has 84 valence electrons. The molecule has 16 heavy (non-hydrogen) atoms. The largest absolute Gasteiger partial charge is 0.454 e. The minimum atomic E-state index is 0.297. The highest BCUT2D eigenvalue weighted by atomic mass is 127. The van der Waals surface area contributed by atoms with Crippen LogP contribution < -0.4 is 5.32 Å². The highest BCUT2D eigenvalue weighted by Gasteiger charge is 2.05. The van der Waals surface area contributed by atoms with E-state index >= 15 is 0 Å². The smallest absolute Gasteiger partial charge is 0.164 e. The van der Waals surface area contributed by atoms with Gasteiger partial charge in [0.1, 0.15) is 5.76 Å². The Kier molecular flexibility index (Phi) is 3.95. The van der Waals surface area contributed by atoms with Gasteiger partial charge in [-0.2, -0.15) is 0 Å². The molecular weight excluding hydrogens is 315 g/mol. The van der Waals surface area contributed by atoms with Gasteiger partial charge in [0, 0.05) is 18.4 Å². The van der Waals surface area contributed by atoms with Gasteiger partial charge in [-0.25, -0.2) is 0 Å². The van der Waals surface area contributed by atoms with Crippen LogP contribution in [-0.4, -0.2) is 4.98 Å². The molecule has 0 saturated carbocycles. The molecule has 0 radical (unpaired) electrons. The van der Waals surface area contributed by atoms with Crippen LogP contribution in [0, 0.1) is 3.77 Å². The molecule has 1 unspecified atom stereocenters. The first-order chi connectivity index (χ1) is 7.75. The van der Waals surface area contributed by atoms with Crippen LogP contribution in [0.25, 0.3) is 0 Å². The summed E-state index contributed by atoms with van der Waals surface area (Å²) in [6.07, 6.45) is 3.62. The fraction of sp³-hybridized carbons (Fsp3) is 0.250. The summed E-state index contributed by atoms with van der Waals surface area (Å²) < 4.78 is 6.40. The summed E-state index contributed by atoms with van der Waals surface area (Å²) in [5, 5.41) is 3.40. The number of furan rings is 1. The lowest BCUT2D eigenvalue weighted by molar-refractivity contribution is 0.445. The molecule has 0 aliphatic heterocycles. The fourth-order valence-corrected chi connectivity index (χ4v) is 1.93. The molecule has 0 aliphatic carbocycles. The topological polar surface area (TPSA) is 38.1 Å². The zero-order chi connectivity index (χ0) is 11.4. The normalized spacial score (nSPS) is 12.6. The van der Waals surface area contributed by atoms with Gasteiger partial charge in [0.2, 0.25) is 0 Å². The van der Waals surface area contributed by atoms with E-state index in [1.54, 1.807) is 0 Å². The van der Waals surface area contributed by atoms with Crippen LogP contribution in [0.3, 0.4) is 0 Å². The Morgan fingerprint density at radius 1 is 1.31 bits per heavy atom. The van der Waals surface area contributed by atoms with E-state index in [1.165, 1.54) is 5.56 Å². The molecule has 0 saturated heterocycles. The standard InChI is InChI=1S/C12H13IN2O/c1-9(10-4-6-14-7-5-10)15-8-11-2-3-12(13)16-11/h2-7,9,15H,8H2,1H3. The third-order valence-electron chi connectivity index (χ3n) is 2.42.